The Balaban J connectivity index is 1.82. The average molecular weight is 330 g/mol. The van der Waals surface area contributed by atoms with Gasteiger partial charge in [0, 0.05) is 33.3 Å². The molecule has 1 saturated carbocycles. The molecule has 2 rings (SSSR count). The van der Waals surface area contributed by atoms with Crippen LogP contribution in [0.25, 0.3) is 0 Å². The minimum Gasteiger partial charge on any atom is -0.389 e. The maximum atomic E-state index is 11.4. The maximum absolute atomic E-state index is 11.4. The number of piperidine rings is 1. The fourth-order valence-electron chi connectivity index (χ4n) is 3.59. The smallest absolute Gasteiger partial charge is 0.246 e. The van der Waals surface area contributed by atoms with Crippen LogP contribution in [0.1, 0.15) is 38.5 Å². The quantitative estimate of drug-likeness (QED) is 0.511. The molecule has 0 unspecified atom stereocenters. The molecule has 1 amide bonds. The molecule has 0 bridgehead atoms. The van der Waals surface area contributed by atoms with Crippen molar-refractivity contribution in [2.24, 2.45) is 0 Å². The van der Waals surface area contributed by atoms with Crippen molar-refractivity contribution in [1.82, 2.24) is 10.2 Å². The summed E-state index contributed by atoms with van der Waals surface area (Å²) in [6.07, 6.45) is 4.27. The fourth-order valence-corrected chi connectivity index (χ4v) is 3.59. The summed E-state index contributed by atoms with van der Waals surface area (Å²) in [6.45, 7) is 1.38. The van der Waals surface area contributed by atoms with Gasteiger partial charge in [0.05, 0.1) is 11.7 Å². The standard InChI is InChI=1S/C16H30N2O5/c1-23-10-14(20)17-11-16(22)7-8-18(9-13(16)19)12-15(21)5-3-2-4-6-15/h13,19,21-22H,2-12H2,1H3,(H,17,20)/t13-,16-/m1/s1. The summed E-state index contributed by atoms with van der Waals surface area (Å²) in [5.41, 5.74) is -1.99. The third kappa shape index (κ3) is 5.12. The summed E-state index contributed by atoms with van der Waals surface area (Å²) in [5, 5.41) is 34.1. The lowest BCUT2D eigenvalue weighted by Gasteiger charge is -2.45. The molecule has 0 aromatic rings. The summed E-state index contributed by atoms with van der Waals surface area (Å²) in [4.78, 5) is 13.4. The van der Waals surface area contributed by atoms with Crippen molar-refractivity contribution in [3.63, 3.8) is 0 Å². The molecule has 0 spiro atoms. The number of hydrogen-bond acceptors (Lipinski definition) is 6. The van der Waals surface area contributed by atoms with Crippen LogP contribution in [0.2, 0.25) is 0 Å². The van der Waals surface area contributed by atoms with Gasteiger partial charge in [0.25, 0.3) is 0 Å². The van der Waals surface area contributed by atoms with E-state index in [1.165, 1.54) is 13.5 Å². The first kappa shape index (κ1) is 18.6. The van der Waals surface area contributed by atoms with Crippen LogP contribution in [-0.2, 0) is 9.53 Å². The first-order chi connectivity index (χ1) is 10.9. The zero-order valence-electron chi connectivity index (χ0n) is 14.0. The Labute approximate surface area is 137 Å². The number of hydrogen-bond donors (Lipinski definition) is 4. The Morgan fingerprint density at radius 1 is 1.26 bits per heavy atom. The number of aliphatic hydroxyl groups excluding tert-OH is 1. The molecule has 1 aliphatic carbocycles. The van der Waals surface area contributed by atoms with Crippen molar-refractivity contribution < 1.29 is 24.9 Å². The Kier molecular flexibility index (Phi) is 6.39. The predicted molar refractivity (Wildman–Crippen MR) is 84.9 cm³/mol. The second-order valence-corrected chi connectivity index (χ2v) is 7.10. The molecule has 1 saturated heterocycles. The van der Waals surface area contributed by atoms with E-state index in [1.807, 2.05) is 4.90 Å². The maximum Gasteiger partial charge on any atom is 0.246 e. The lowest BCUT2D eigenvalue weighted by molar-refractivity contribution is -0.138. The molecule has 1 aliphatic heterocycles. The molecule has 7 nitrogen and oxygen atoms in total. The SMILES string of the molecule is COCC(=O)NC[C@]1(O)CCN(CC2(O)CCCCC2)C[C@H]1O. The normalized spacial score (nSPS) is 31.7. The van der Waals surface area contributed by atoms with Crippen molar-refractivity contribution in [3.05, 3.63) is 0 Å². The second kappa shape index (κ2) is 7.90. The van der Waals surface area contributed by atoms with Crippen LogP contribution >= 0.6 is 0 Å². The van der Waals surface area contributed by atoms with Gasteiger partial charge in [-0.3, -0.25) is 9.69 Å². The van der Waals surface area contributed by atoms with Crippen molar-refractivity contribution in [3.8, 4) is 0 Å². The highest BCUT2D eigenvalue weighted by Crippen LogP contribution is 2.31. The van der Waals surface area contributed by atoms with Crippen LogP contribution in [0.15, 0.2) is 0 Å². The number of amides is 1. The highest BCUT2D eigenvalue weighted by Gasteiger charge is 2.42. The van der Waals surface area contributed by atoms with Crippen LogP contribution in [0.4, 0.5) is 0 Å². The van der Waals surface area contributed by atoms with E-state index in [1.54, 1.807) is 0 Å². The molecule has 2 fully saturated rings. The molecule has 134 valence electrons. The van der Waals surface area contributed by atoms with E-state index in [4.69, 9.17) is 4.74 Å². The average Bonchev–Trinajstić information content (AvgIpc) is 2.50. The van der Waals surface area contributed by atoms with Crippen LogP contribution in [0.5, 0.6) is 0 Å². The Morgan fingerprint density at radius 2 is 1.96 bits per heavy atom. The summed E-state index contributed by atoms with van der Waals surface area (Å²) < 4.78 is 4.72. The number of aliphatic hydroxyl groups is 3. The number of nitrogens with zero attached hydrogens (tertiary/aromatic N) is 1. The minimum absolute atomic E-state index is 0.00840. The number of likely N-dealkylation sites (tertiary alicyclic amines) is 1. The van der Waals surface area contributed by atoms with Gasteiger partial charge in [-0.15, -0.1) is 0 Å². The van der Waals surface area contributed by atoms with Crippen LogP contribution < -0.4 is 5.32 Å². The zero-order chi connectivity index (χ0) is 16.9. The summed E-state index contributed by atoms with van der Waals surface area (Å²) >= 11 is 0. The molecule has 23 heavy (non-hydrogen) atoms. The van der Waals surface area contributed by atoms with Crippen molar-refractivity contribution >= 4 is 5.91 Å². The highest BCUT2D eigenvalue weighted by atomic mass is 16.5. The van der Waals surface area contributed by atoms with E-state index in [0.29, 0.717) is 26.1 Å². The first-order valence-corrected chi connectivity index (χ1v) is 8.48. The van der Waals surface area contributed by atoms with Crippen molar-refractivity contribution in [2.75, 3.05) is 39.9 Å². The van der Waals surface area contributed by atoms with E-state index in [2.05, 4.69) is 5.32 Å². The van der Waals surface area contributed by atoms with E-state index in [9.17, 15) is 20.1 Å². The largest absolute Gasteiger partial charge is 0.389 e. The van der Waals surface area contributed by atoms with Gasteiger partial charge >= 0.3 is 0 Å². The highest BCUT2D eigenvalue weighted by molar-refractivity contribution is 5.77. The zero-order valence-corrected chi connectivity index (χ0v) is 14.0. The molecule has 0 aromatic carbocycles. The van der Waals surface area contributed by atoms with Gasteiger partial charge < -0.3 is 25.4 Å². The van der Waals surface area contributed by atoms with Gasteiger partial charge in [-0.05, 0) is 19.3 Å². The van der Waals surface area contributed by atoms with Gasteiger partial charge in [0.15, 0.2) is 0 Å². The number of nitrogens with one attached hydrogen (secondary N) is 1. The monoisotopic (exact) mass is 330 g/mol. The number of ether oxygens (including phenoxy) is 1. The van der Waals surface area contributed by atoms with Crippen molar-refractivity contribution in [1.29, 1.82) is 0 Å². The first-order valence-electron chi connectivity index (χ1n) is 8.48. The molecule has 4 N–H and O–H groups in total. The van der Waals surface area contributed by atoms with Crippen molar-refractivity contribution in [2.45, 2.75) is 55.8 Å². The molecule has 0 aromatic heterocycles. The third-order valence-corrected chi connectivity index (χ3v) is 5.08. The number of methoxy groups -OCH3 is 1. The van der Waals surface area contributed by atoms with Gasteiger partial charge in [0.1, 0.15) is 12.2 Å². The Morgan fingerprint density at radius 3 is 2.57 bits per heavy atom. The topological polar surface area (TPSA) is 102 Å². The van der Waals surface area contributed by atoms with Crippen LogP contribution in [0.3, 0.4) is 0 Å². The molecule has 1 heterocycles. The summed E-state index contributed by atoms with van der Waals surface area (Å²) in [7, 11) is 1.43. The molecule has 0 radical (unpaired) electrons. The fraction of sp³-hybridized carbons (Fsp3) is 0.938. The lowest BCUT2D eigenvalue weighted by Crippen LogP contribution is -2.62. The van der Waals surface area contributed by atoms with E-state index in [-0.39, 0.29) is 19.1 Å². The number of rotatable bonds is 6. The molecule has 7 heteroatoms. The molecular weight excluding hydrogens is 300 g/mol. The summed E-state index contributed by atoms with van der Waals surface area (Å²) in [6, 6.07) is 0. The van der Waals surface area contributed by atoms with Crippen LogP contribution in [0, 0.1) is 0 Å². The second-order valence-electron chi connectivity index (χ2n) is 7.10. The van der Waals surface area contributed by atoms with E-state index < -0.39 is 17.3 Å². The van der Waals surface area contributed by atoms with Gasteiger partial charge in [-0.2, -0.15) is 0 Å². The lowest BCUT2D eigenvalue weighted by atomic mass is 9.82. The molecular formula is C16H30N2O5. The number of β-amino-alcohol motifs (C(OH)–C–C–N with tert-alkyl or cyclic N) is 2. The van der Waals surface area contributed by atoms with Gasteiger partial charge in [-0.1, -0.05) is 19.3 Å². The minimum atomic E-state index is -1.32. The van der Waals surface area contributed by atoms with E-state index in [0.717, 1.165) is 25.7 Å². The summed E-state index contributed by atoms with van der Waals surface area (Å²) in [5.74, 6) is -0.313. The van der Waals surface area contributed by atoms with Gasteiger partial charge in [-0.25, -0.2) is 0 Å². The van der Waals surface area contributed by atoms with Gasteiger partial charge in [0.2, 0.25) is 5.91 Å². The Hall–Kier alpha value is -0.730. The van der Waals surface area contributed by atoms with Crippen LogP contribution in [-0.4, -0.2) is 83.3 Å². The predicted octanol–water partition coefficient (Wildman–Crippen LogP) is -0.758. The Bertz CT molecular complexity index is 400. The molecule has 2 aliphatic rings. The number of carbonyl (C=O) groups is 1. The number of carbonyl (C=O) groups excluding carboxylic acids is 1. The van der Waals surface area contributed by atoms with E-state index >= 15 is 0 Å². The molecule has 2 atom stereocenters. The third-order valence-electron chi connectivity index (χ3n) is 5.08.